The second-order valence-electron chi connectivity index (χ2n) is 5.87. The molecule has 1 aromatic rings. The lowest BCUT2D eigenvalue weighted by atomic mass is 10.1. The van der Waals surface area contributed by atoms with E-state index in [0.717, 1.165) is 11.8 Å². The lowest BCUT2D eigenvalue weighted by Crippen LogP contribution is -1.83. The van der Waals surface area contributed by atoms with Gasteiger partial charge in [0.25, 0.3) is 0 Å². The van der Waals surface area contributed by atoms with Crippen molar-refractivity contribution < 1.29 is 0 Å². The molecule has 0 spiro atoms. The Labute approximate surface area is 122 Å². The summed E-state index contributed by atoms with van der Waals surface area (Å²) in [6.07, 6.45) is 6.85. The largest absolute Gasteiger partial charge is 0.0654 e. The van der Waals surface area contributed by atoms with E-state index in [0.29, 0.717) is 0 Å². The fourth-order valence-corrected chi connectivity index (χ4v) is 1.57. The van der Waals surface area contributed by atoms with Crippen LogP contribution in [-0.2, 0) is 0 Å². The van der Waals surface area contributed by atoms with Gasteiger partial charge in [0.2, 0.25) is 0 Å². The van der Waals surface area contributed by atoms with E-state index in [-0.39, 0.29) is 0 Å². The fraction of sp³-hybridized carbons (Fsp3) is 0.684. The molecule has 0 saturated heterocycles. The Morgan fingerprint density at radius 1 is 0.579 bits per heavy atom. The zero-order chi connectivity index (χ0) is 14.9. The number of unbranched alkanes of at least 4 members (excludes halogenated alkanes) is 1. The van der Waals surface area contributed by atoms with Crippen LogP contribution in [0.2, 0.25) is 0 Å². The fourth-order valence-electron chi connectivity index (χ4n) is 1.57. The molecule has 112 valence electrons. The van der Waals surface area contributed by atoms with Crippen LogP contribution >= 0.6 is 0 Å². The van der Waals surface area contributed by atoms with Gasteiger partial charge >= 0.3 is 0 Å². The summed E-state index contributed by atoms with van der Waals surface area (Å²) >= 11 is 0. The van der Waals surface area contributed by atoms with Crippen LogP contribution in [0.5, 0.6) is 0 Å². The minimum atomic E-state index is 0.898. The smallest absolute Gasteiger partial charge is 0.0471 e. The molecule has 0 heterocycles. The van der Waals surface area contributed by atoms with E-state index in [1.54, 1.807) is 0 Å². The van der Waals surface area contributed by atoms with Crippen LogP contribution in [0.4, 0.5) is 0 Å². The minimum Gasteiger partial charge on any atom is -0.0654 e. The van der Waals surface area contributed by atoms with Crippen LogP contribution in [-0.4, -0.2) is 0 Å². The zero-order valence-electron chi connectivity index (χ0n) is 14.2. The van der Waals surface area contributed by atoms with E-state index in [4.69, 9.17) is 0 Å². The third-order valence-corrected chi connectivity index (χ3v) is 2.67. The summed E-state index contributed by atoms with van der Waals surface area (Å²) in [6, 6.07) is 12.0. The molecule has 1 rings (SSSR count). The van der Waals surface area contributed by atoms with Gasteiger partial charge in [-0.15, -0.1) is 0 Å². The van der Waals surface area contributed by atoms with Gasteiger partial charge in [-0.3, -0.25) is 0 Å². The van der Waals surface area contributed by atoms with Crippen molar-refractivity contribution in [2.24, 2.45) is 11.8 Å². The van der Waals surface area contributed by atoms with Crippen LogP contribution < -0.4 is 0 Å². The van der Waals surface area contributed by atoms with Crippen molar-refractivity contribution >= 4 is 0 Å². The first-order chi connectivity index (χ1) is 9.04. The summed E-state index contributed by atoms with van der Waals surface area (Å²) in [7, 11) is 0. The molecule has 0 atom stereocenters. The van der Waals surface area contributed by atoms with Gasteiger partial charge in [-0.1, -0.05) is 110 Å². The molecule has 0 nitrogen and oxygen atoms in total. The quantitative estimate of drug-likeness (QED) is 0.539. The second-order valence-corrected chi connectivity index (χ2v) is 5.87. The Morgan fingerprint density at radius 3 is 1.05 bits per heavy atom. The molecular weight excluding hydrogens is 228 g/mol. The molecule has 0 saturated carbocycles. The molecule has 0 radical (unpaired) electrons. The first kappa shape index (κ1) is 20.5. The Morgan fingerprint density at radius 2 is 0.947 bits per heavy atom. The normalized spacial score (nSPS) is 9.47. The maximum Gasteiger partial charge on any atom is -0.0471 e. The molecule has 0 fully saturated rings. The van der Waals surface area contributed by atoms with Crippen molar-refractivity contribution in [3.8, 4) is 0 Å². The molecule has 0 amide bonds. The van der Waals surface area contributed by atoms with Crippen LogP contribution in [0.1, 0.15) is 73.6 Å². The molecule has 0 N–H and O–H groups in total. The summed E-state index contributed by atoms with van der Waals surface area (Å²) in [6.45, 7) is 13.5. The molecule has 0 unspecified atom stereocenters. The Balaban J connectivity index is 0. The van der Waals surface area contributed by atoms with Gasteiger partial charge in [-0.05, 0) is 11.8 Å². The minimum absolute atomic E-state index is 0.898. The SMILES string of the molecule is CCCC(C)C.CCCCC(C)C.c1ccccc1. The number of hydrogen-bond donors (Lipinski definition) is 0. The molecule has 0 aliphatic carbocycles. The molecular formula is C19H36. The van der Waals surface area contributed by atoms with Crippen LogP contribution in [0.15, 0.2) is 36.4 Å². The first-order valence-corrected chi connectivity index (χ1v) is 8.04. The highest BCUT2D eigenvalue weighted by atomic mass is 13.9. The molecule has 0 heteroatoms. The number of benzene rings is 1. The predicted molar refractivity (Wildman–Crippen MR) is 90.6 cm³/mol. The highest BCUT2D eigenvalue weighted by Crippen LogP contribution is 2.04. The molecule has 19 heavy (non-hydrogen) atoms. The summed E-state index contributed by atoms with van der Waals surface area (Å²) < 4.78 is 0. The van der Waals surface area contributed by atoms with Crippen LogP contribution in [0.25, 0.3) is 0 Å². The van der Waals surface area contributed by atoms with Crippen molar-refractivity contribution in [1.82, 2.24) is 0 Å². The summed E-state index contributed by atoms with van der Waals surface area (Å²) in [5.41, 5.74) is 0. The monoisotopic (exact) mass is 264 g/mol. The van der Waals surface area contributed by atoms with Gasteiger partial charge in [-0.25, -0.2) is 0 Å². The number of hydrogen-bond acceptors (Lipinski definition) is 0. The molecule has 0 aromatic heterocycles. The van der Waals surface area contributed by atoms with Crippen molar-refractivity contribution in [1.29, 1.82) is 0 Å². The van der Waals surface area contributed by atoms with Gasteiger partial charge in [-0.2, -0.15) is 0 Å². The molecule has 0 bridgehead atoms. The van der Waals surface area contributed by atoms with Crippen molar-refractivity contribution in [2.75, 3.05) is 0 Å². The topological polar surface area (TPSA) is 0 Å². The van der Waals surface area contributed by atoms with E-state index in [2.05, 4.69) is 41.5 Å². The summed E-state index contributed by atoms with van der Waals surface area (Å²) in [5.74, 6) is 1.80. The van der Waals surface area contributed by atoms with Gasteiger partial charge in [0.15, 0.2) is 0 Å². The average molecular weight is 264 g/mol. The van der Waals surface area contributed by atoms with Crippen LogP contribution in [0.3, 0.4) is 0 Å². The van der Waals surface area contributed by atoms with Gasteiger partial charge in [0, 0.05) is 0 Å². The van der Waals surface area contributed by atoms with Crippen molar-refractivity contribution in [2.45, 2.75) is 73.6 Å². The zero-order valence-corrected chi connectivity index (χ0v) is 14.2. The lowest BCUT2D eigenvalue weighted by molar-refractivity contribution is 0.550. The molecule has 0 aliphatic heterocycles. The van der Waals surface area contributed by atoms with E-state index < -0.39 is 0 Å². The van der Waals surface area contributed by atoms with Gasteiger partial charge in [0.05, 0.1) is 0 Å². The molecule has 0 aliphatic rings. The van der Waals surface area contributed by atoms with Crippen LogP contribution in [0, 0.1) is 11.8 Å². The van der Waals surface area contributed by atoms with E-state index in [9.17, 15) is 0 Å². The number of rotatable bonds is 5. The second kappa shape index (κ2) is 17.2. The van der Waals surface area contributed by atoms with E-state index >= 15 is 0 Å². The van der Waals surface area contributed by atoms with E-state index in [1.807, 2.05) is 36.4 Å². The Kier molecular flexibility index (Phi) is 18.6. The molecule has 1 aromatic carbocycles. The average Bonchev–Trinajstić information content (AvgIpc) is 2.39. The Bertz CT molecular complexity index is 196. The van der Waals surface area contributed by atoms with Gasteiger partial charge < -0.3 is 0 Å². The third kappa shape index (κ3) is 26.7. The predicted octanol–water partition coefficient (Wildman–Crippen LogP) is 6.96. The highest BCUT2D eigenvalue weighted by molar-refractivity contribution is 4.99. The standard InChI is InChI=1S/C7H16.C6H6.C6H14/c1-4-5-6-7(2)3;1-2-4-6-5-3-1;1-4-5-6(2)3/h7H,4-6H2,1-3H3;1-6H;6H,4-5H2,1-3H3. The third-order valence-electron chi connectivity index (χ3n) is 2.67. The lowest BCUT2D eigenvalue weighted by Gasteiger charge is -1.98. The summed E-state index contributed by atoms with van der Waals surface area (Å²) in [5, 5.41) is 0. The van der Waals surface area contributed by atoms with Crippen molar-refractivity contribution in [3.63, 3.8) is 0 Å². The summed E-state index contributed by atoms with van der Waals surface area (Å²) in [4.78, 5) is 0. The maximum atomic E-state index is 2.27. The van der Waals surface area contributed by atoms with Crippen molar-refractivity contribution in [3.05, 3.63) is 36.4 Å². The Hall–Kier alpha value is -0.780. The maximum absolute atomic E-state index is 2.27. The first-order valence-electron chi connectivity index (χ1n) is 8.04. The van der Waals surface area contributed by atoms with Gasteiger partial charge in [0.1, 0.15) is 0 Å². The van der Waals surface area contributed by atoms with E-state index in [1.165, 1.54) is 32.1 Å². The highest BCUT2D eigenvalue weighted by Gasteiger charge is 1.88.